The zero-order valence-corrected chi connectivity index (χ0v) is 21.6. The minimum absolute atomic E-state index is 0.407. The van der Waals surface area contributed by atoms with E-state index >= 15 is 0 Å². The maximum absolute atomic E-state index is 11.8. The number of carbonyl (C=O) groups is 4. The van der Waals surface area contributed by atoms with E-state index in [1.807, 2.05) is 0 Å². The lowest BCUT2D eigenvalue weighted by molar-refractivity contribution is -0.136. The predicted octanol–water partition coefficient (Wildman–Crippen LogP) is 5.15. The van der Waals surface area contributed by atoms with Gasteiger partial charge < -0.3 is 19.7 Å². The Morgan fingerprint density at radius 1 is 0.735 bits per heavy atom. The maximum Gasteiger partial charge on any atom is 0.415 e. The van der Waals surface area contributed by atoms with E-state index in [0.717, 1.165) is 9.80 Å². The van der Waals surface area contributed by atoms with Gasteiger partial charge in [0.15, 0.2) is 0 Å². The van der Waals surface area contributed by atoms with Crippen molar-refractivity contribution in [1.82, 2.24) is 0 Å². The predicted molar refractivity (Wildman–Crippen MR) is 131 cm³/mol. The van der Waals surface area contributed by atoms with Gasteiger partial charge in [0.25, 0.3) is 0 Å². The molecule has 0 unspecified atom stereocenters. The second kappa shape index (κ2) is 12.4. The van der Waals surface area contributed by atoms with Gasteiger partial charge in [-0.1, -0.05) is 0 Å². The average Bonchev–Trinajstić information content (AvgIpc) is 3.35. The zero-order valence-electron chi connectivity index (χ0n) is 19.9. The summed E-state index contributed by atoms with van der Waals surface area (Å²) in [7, 11) is 0. The molecule has 2 heterocycles. The van der Waals surface area contributed by atoms with E-state index in [-0.39, 0.29) is 0 Å². The minimum atomic E-state index is -1.08. The normalized spacial score (nSPS) is 11.0. The molecule has 0 aromatic carbocycles. The van der Waals surface area contributed by atoms with Gasteiger partial charge in [-0.25, -0.2) is 9.59 Å². The lowest BCUT2D eigenvalue weighted by atomic mass is 10.2. The van der Waals surface area contributed by atoms with Crippen molar-refractivity contribution in [3.05, 3.63) is 35.0 Å². The maximum atomic E-state index is 11.8. The molecular formula is C22H30N2O8S2. The first-order valence-corrected chi connectivity index (χ1v) is 11.9. The molecule has 0 aliphatic rings. The molecule has 0 spiro atoms. The van der Waals surface area contributed by atoms with Crippen LogP contribution in [0.2, 0.25) is 0 Å². The van der Waals surface area contributed by atoms with Crippen LogP contribution < -0.4 is 9.80 Å². The van der Waals surface area contributed by atoms with E-state index in [1.54, 1.807) is 76.6 Å². The van der Waals surface area contributed by atoms with Crippen molar-refractivity contribution >= 4 is 56.8 Å². The van der Waals surface area contributed by atoms with Gasteiger partial charge in [-0.2, -0.15) is 0 Å². The molecule has 10 nitrogen and oxygen atoms in total. The van der Waals surface area contributed by atoms with E-state index < -0.39 is 48.4 Å². The highest BCUT2D eigenvalue weighted by atomic mass is 32.1. The number of hydrogen-bond donors (Lipinski definition) is 2. The number of thiophene rings is 2. The van der Waals surface area contributed by atoms with Crippen molar-refractivity contribution in [1.29, 1.82) is 0 Å². The minimum Gasteiger partial charge on any atom is -0.480 e. The molecule has 0 bridgehead atoms. The number of nitrogens with zero attached hydrogens (tertiary/aromatic N) is 2. The Morgan fingerprint density at radius 3 is 1.26 bits per heavy atom. The molecule has 0 aliphatic carbocycles. The van der Waals surface area contributed by atoms with E-state index in [1.165, 1.54) is 22.7 Å². The van der Waals surface area contributed by atoms with Crippen LogP contribution in [0, 0.1) is 0 Å². The highest BCUT2D eigenvalue weighted by molar-refractivity contribution is 7.14. The number of carboxylic acids is 2. The van der Waals surface area contributed by atoms with Crippen LogP contribution in [0.1, 0.15) is 41.5 Å². The second-order valence-corrected chi connectivity index (χ2v) is 10.7. The molecule has 2 amide bonds. The van der Waals surface area contributed by atoms with Gasteiger partial charge in [0, 0.05) is 0 Å². The number of carbonyl (C=O) groups excluding carboxylic acids is 2. The summed E-state index contributed by atoms with van der Waals surface area (Å²) in [6.07, 6.45) is -1.30. The highest BCUT2D eigenvalue weighted by Gasteiger charge is 2.26. The number of anilines is 2. The molecular weight excluding hydrogens is 484 g/mol. The van der Waals surface area contributed by atoms with Crippen molar-refractivity contribution in [3.8, 4) is 0 Å². The van der Waals surface area contributed by atoms with E-state index in [2.05, 4.69) is 0 Å². The molecule has 12 heteroatoms. The van der Waals surface area contributed by atoms with Gasteiger partial charge >= 0.3 is 24.1 Å². The molecule has 188 valence electrons. The Bertz CT molecular complexity index is 866. The molecule has 0 saturated carbocycles. The molecule has 0 atom stereocenters. The first-order valence-electron chi connectivity index (χ1n) is 10.1. The van der Waals surface area contributed by atoms with Crippen LogP contribution in [-0.2, 0) is 19.1 Å². The van der Waals surface area contributed by atoms with Crippen molar-refractivity contribution in [2.75, 3.05) is 22.9 Å². The first-order chi connectivity index (χ1) is 15.6. The van der Waals surface area contributed by atoms with Crippen LogP contribution in [0.4, 0.5) is 19.6 Å². The Hall–Kier alpha value is -3.12. The third kappa shape index (κ3) is 11.1. The number of amides is 2. The Morgan fingerprint density at radius 2 is 1.06 bits per heavy atom. The topological polar surface area (TPSA) is 134 Å². The summed E-state index contributed by atoms with van der Waals surface area (Å²) in [5.41, 5.74) is -1.30. The SMILES string of the molecule is CC(C)(C)OC(=O)N(CC(=O)O)c1cccs1.CC(C)(C)OC(=O)N(CC(=O)O)c1cccs1. The Balaban J connectivity index is 0.000000340. The molecule has 2 rings (SSSR count). The lowest BCUT2D eigenvalue weighted by Gasteiger charge is -2.25. The first kappa shape index (κ1) is 28.9. The van der Waals surface area contributed by atoms with Gasteiger partial charge in [-0.05, 0) is 76.6 Å². The second-order valence-electron chi connectivity index (χ2n) is 8.82. The smallest absolute Gasteiger partial charge is 0.415 e. The fraction of sp³-hybridized carbons (Fsp3) is 0.455. The molecule has 2 N–H and O–H groups in total. The number of hydrogen-bond acceptors (Lipinski definition) is 8. The van der Waals surface area contributed by atoms with Crippen molar-refractivity contribution < 1.29 is 38.9 Å². The number of aliphatic carboxylic acids is 2. The molecule has 0 fully saturated rings. The lowest BCUT2D eigenvalue weighted by Crippen LogP contribution is -2.39. The summed E-state index contributed by atoms with van der Waals surface area (Å²) in [4.78, 5) is 47.4. The summed E-state index contributed by atoms with van der Waals surface area (Å²) in [6, 6.07) is 6.85. The third-order valence-corrected chi connectivity index (χ3v) is 5.14. The molecule has 2 aromatic heterocycles. The van der Waals surface area contributed by atoms with Gasteiger partial charge in [-0.15, -0.1) is 22.7 Å². The summed E-state index contributed by atoms with van der Waals surface area (Å²) in [5.74, 6) is -2.16. The largest absolute Gasteiger partial charge is 0.480 e. The van der Waals surface area contributed by atoms with Crippen LogP contribution in [0.15, 0.2) is 35.0 Å². The third-order valence-electron chi connectivity index (χ3n) is 3.36. The summed E-state index contributed by atoms with van der Waals surface area (Å²) < 4.78 is 10.3. The average molecular weight is 515 g/mol. The van der Waals surface area contributed by atoms with Gasteiger partial charge in [0.2, 0.25) is 0 Å². The number of rotatable bonds is 6. The summed E-state index contributed by atoms with van der Waals surface area (Å²) in [5, 5.41) is 22.2. The zero-order chi connectivity index (χ0) is 26.1. The Labute approximate surface area is 206 Å². The van der Waals surface area contributed by atoms with Crippen LogP contribution in [0.25, 0.3) is 0 Å². The molecule has 2 aromatic rings. The van der Waals surface area contributed by atoms with Gasteiger partial charge in [0.05, 0.1) is 0 Å². The number of carboxylic acid groups (broad SMARTS) is 2. The molecule has 0 radical (unpaired) electrons. The summed E-state index contributed by atoms with van der Waals surface area (Å²) in [6.45, 7) is 9.59. The van der Waals surface area contributed by atoms with Crippen molar-refractivity contribution in [2.45, 2.75) is 52.7 Å². The molecule has 0 saturated heterocycles. The van der Waals surface area contributed by atoms with Gasteiger partial charge in [0.1, 0.15) is 34.3 Å². The Kier molecular flexibility index (Phi) is 10.5. The summed E-state index contributed by atoms with van der Waals surface area (Å²) >= 11 is 2.58. The van der Waals surface area contributed by atoms with Crippen LogP contribution >= 0.6 is 22.7 Å². The van der Waals surface area contributed by atoms with Crippen LogP contribution in [0.5, 0.6) is 0 Å². The fourth-order valence-corrected chi connectivity index (χ4v) is 3.66. The van der Waals surface area contributed by atoms with E-state index in [9.17, 15) is 19.2 Å². The fourth-order valence-electron chi connectivity index (χ4n) is 2.22. The molecule has 34 heavy (non-hydrogen) atoms. The van der Waals surface area contributed by atoms with Crippen molar-refractivity contribution in [3.63, 3.8) is 0 Å². The monoisotopic (exact) mass is 514 g/mol. The van der Waals surface area contributed by atoms with Crippen LogP contribution in [-0.4, -0.2) is 58.6 Å². The molecule has 0 aliphatic heterocycles. The van der Waals surface area contributed by atoms with Gasteiger partial charge in [-0.3, -0.25) is 19.4 Å². The van der Waals surface area contributed by atoms with E-state index in [4.69, 9.17) is 19.7 Å². The highest BCUT2D eigenvalue weighted by Crippen LogP contribution is 2.24. The quantitative estimate of drug-likeness (QED) is 0.541. The van der Waals surface area contributed by atoms with Crippen LogP contribution in [0.3, 0.4) is 0 Å². The standard InChI is InChI=1S/2C11H15NO4S/c2*1-11(2,3)16-10(15)12(7-9(13)14)8-5-4-6-17-8/h2*4-6H,7H2,1-3H3,(H,13,14). The number of ether oxygens (including phenoxy) is 2. The van der Waals surface area contributed by atoms with E-state index in [0.29, 0.717) is 10.0 Å². The van der Waals surface area contributed by atoms with Crippen molar-refractivity contribution in [2.24, 2.45) is 0 Å².